The summed E-state index contributed by atoms with van der Waals surface area (Å²) in [5.41, 5.74) is 1.60. The maximum atomic E-state index is 12.0. The average Bonchev–Trinajstić information content (AvgIpc) is 2.76. The molecule has 11 heteroatoms. The molecule has 2 heterocycles. The highest BCUT2D eigenvalue weighted by Gasteiger charge is 2.53. The van der Waals surface area contributed by atoms with E-state index in [1.54, 1.807) is 18.3 Å². The fourth-order valence-electron chi connectivity index (χ4n) is 3.81. The van der Waals surface area contributed by atoms with Crippen LogP contribution in [0.1, 0.15) is 33.3 Å². The van der Waals surface area contributed by atoms with Crippen LogP contribution in [-0.2, 0) is 42.9 Å². The van der Waals surface area contributed by atoms with Crippen LogP contribution in [0.5, 0.6) is 5.75 Å². The molecule has 0 aliphatic carbocycles. The molecule has 188 valence electrons. The highest BCUT2D eigenvalue weighted by molar-refractivity contribution is 5.87. The number of fused-ring (bicyclic) bond motifs is 1. The first-order valence-corrected chi connectivity index (χ1v) is 10.9. The summed E-state index contributed by atoms with van der Waals surface area (Å²) in [5, 5.41) is 0.667. The van der Waals surface area contributed by atoms with Crippen molar-refractivity contribution in [3.05, 3.63) is 36.0 Å². The van der Waals surface area contributed by atoms with Crippen LogP contribution >= 0.6 is 0 Å². The lowest BCUT2D eigenvalue weighted by molar-refractivity contribution is -0.288. The van der Waals surface area contributed by atoms with Crippen LogP contribution in [0.2, 0.25) is 0 Å². The summed E-state index contributed by atoms with van der Waals surface area (Å²) in [5.74, 6) is -2.38. The molecule has 1 aromatic heterocycles. The molecule has 0 unspecified atom stereocenters. The predicted molar refractivity (Wildman–Crippen MR) is 119 cm³/mol. The van der Waals surface area contributed by atoms with Gasteiger partial charge in [-0.3, -0.25) is 24.2 Å². The second-order valence-corrected chi connectivity index (χ2v) is 7.97. The predicted octanol–water partition coefficient (Wildman–Crippen LogP) is 2.01. The number of nitrogens with zero attached hydrogens (tertiary/aromatic N) is 1. The molecule has 11 nitrogen and oxygen atoms in total. The Morgan fingerprint density at radius 1 is 0.857 bits per heavy atom. The molecule has 1 aromatic carbocycles. The Kier molecular flexibility index (Phi) is 8.23. The van der Waals surface area contributed by atoms with E-state index in [1.807, 2.05) is 19.1 Å². The van der Waals surface area contributed by atoms with E-state index in [0.29, 0.717) is 16.7 Å². The van der Waals surface area contributed by atoms with E-state index in [-0.39, 0.29) is 6.61 Å². The Morgan fingerprint density at radius 2 is 1.49 bits per heavy atom. The summed E-state index contributed by atoms with van der Waals surface area (Å²) in [7, 11) is 0. The van der Waals surface area contributed by atoms with E-state index in [1.165, 1.54) is 13.8 Å². The minimum atomic E-state index is -1.32. The average molecular weight is 489 g/mol. The van der Waals surface area contributed by atoms with Crippen LogP contribution in [-0.4, -0.2) is 66.2 Å². The van der Waals surface area contributed by atoms with Gasteiger partial charge in [0.25, 0.3) is 0 Å². The zero-order valence-electron chi connectivity index (χ0n) is 20.0. The molecule has 1 aliphatic rings. The number of carbonyl (C=O) groups excluding carboxylic acids is 4. The first-order chi connectivity index (χ1) is 16.6. The van der Waals surface area contributed by atoms with Crippen molar-refractivity contribution in [3.8, 4) is 5.75 Å². The van der Waals surface area contributed by atoms with Gasteiger partial charge in [0.1, 0.15) is 18.5 Å². The minimum Gasteiger partial charge on any atom is -0.463 e. The van der Waals surface area contributed by atoms with Gasteiger partial charge in [-0.1, -0.05) is 12.1 Å². The van der Waals surface area contributed by atoms with Crippen molar-refractivity contribution < 1.29 is 47.6 Å². The summed E-state index contributed by atoms with van der Waals surface area (Å²) in [6.07, 6.45) is -4.75. The molecule has 1 fully saturated rings. The first-order valence-electron chi connectivity index (χ1n) is 10.9. The molecule has 0 bridgehead atoms. The van der Waals surface area contributed by atoms with Gasteiger partial charge in [-0.2, -0.15) is 0 Å². The van der Waals surface area contributed by atoms with Gasteiger partial charge in [0.15, 0.2) is 12.2 Å². The maximum Gasteiger partial charge on any atom is 0.303 e. The lowest BCUT2D eigenvalue weighted by Crippen LogP contribution is -2.63. The Morgan fingerprint density at radius 3 is 2.11 bits per heavy atom. The summed E-state index contributed by atoms with van der Waals surface area (Å²) in [6, 6.07) is 7.14. The van der Waals surface area contributed by atoms with Crippen LogP contribution < -0.4 is 4.74 Å². The highest BCUT2D eigenvalue weighted by Crippen LogP contribution is 2.33. The molecule has 35 heavy (non-hydrogen) atoms. The molecule has 2 aromatic rings. The van der Waals surface area contributed by atoms with E-state index in [9.17, 15) is 19.2 Å². The fraction of sp³-hybridized carbons (Fsp3) is 0.458. The number of ether oxygens (including phenoxy) is 6. The number of pyridine rings is 1. The second-order valence-electron chi connectivity index (χ2n) is 7.97. The second kappa shape index (κ2) is 11.1. The molecule has 3 rings (SSSR count). The minimum absolute atomic E-state index is 0.339. The van der Waals surface area contributed by atoms with Crippen LogP contribution in [0.25, 0.3) is 10.9 Å². The molecular weight excluding hydrogens is 462 g/mol. The molecule has 1 aliphatic heterocycles. The number of para-hydroxylation sites is 1. The van der Waals surface area contributed by atoms with Crippen LogP contribution in [0.15, 0.2) is 30.5 Å². The van der Waals surface area contributed by atoms with E-state index < -0.39 is 54.6 Å². The molecule has 0 N–H and O–H groups in total. The Balaban J connectivity index is 2.05. The van der Waals surface area contributed by atoms with Gasteiger partial charge in [-0.15, -0.1) is 0 Å². The molecule has 1 saturated heterocycles. The van der Waals surface area contributed by atoms with Crippen LogP contribution in [0.4, 0.5) is 0 Å². The van der Waals surface area contributed by atoms with Gasteiger partial charge < -0.3 is 28.4 Å². The first kappa shape index (κ1) is 25.9. The Labute approximate surface area is 201 Å². The van der Waals surface area contributed by atoms with Crippen molar-refractivity contribution >= 4 is 34.8 Å². The van der Waals surface area contributed by atoms with E-state index in [0.717, 1.165) is 19.4 Å². The number of esters is 4. The van der Waals surface area contributed by atoms with Gasteiger partial charge in [0.05, 0.1) is 5.52 Å². The Bertz CT molecular complexity index is 1120. The normalized spacial score (nSPS) is 23.7. The third-order valence-corrected chi connectivity index (χ3v) is 5.12. The number of aryl methyl sites for hydroxylation is 1. The fourth-order valence-corrected chi connectivity index (χ4v) is 3.81. The third kappa shape index (κ3) is 6.44. The maximum absolute atomic E-state index is 12.0. The zero-order chi connectivity index (χ0) is 25.7. The number of hydrogen-bond donors (Lipinski definition) is 0. The van der Waals surface area contributed by atoms with Gasteiger partial charge in [0.2, 0.25) is 12.4 Å². The lowest BCUT2D eigenvalue weighted by atomic mass is 9.98. The van der Waals surface area contributed by atoms with E-state index in [2.05, 4.69) is 4.98 Å². The monoisotopic (exact) mass is 489 g/mol. The largest absolute Gasteiger partial charge is 0.463 e. The highest BCUT2D eigenvalue weighted by atomic mass is 16.7. The van der Waals surface area contributed by atoms with Crippen LogP contribution in [0.3, 0.4) is 0 Å². The molecule has 0 saturated carbocycles. The summed E-state index contributed by atoms with van der Waals surface area (Å²) in [6.45, 7) is 6.23. The van der Waals surface area contributed by atoms with Crippen molar-refractivity contribution in [1.82, 2.24) is 4.98 Å². The molecule has 0 radical (unpaired) electrons. The molecular formula is C24H27NO10. The van der Waals surface area contributed by atoms with Crippen molar-refractivity contribution in [2.45, 2.75) is 65.3 Å². The third-order valence-electron chi connectivity index (χ3n) is 5.12. The van der Waals surface area contributed by atoms with Crippen molar-refractivity contribution in [3.63, 3.8) is 0 Å². The number of hydrogen-bond acceptors (Lipinski definition) is 11. The number of carbonyl (C=O) groups is 4. The summed E-state index contributed by atoms with van der Waals surface area (Å²) < 4.78 is 33.4. The Hall–Kier alpha value is -3.73. The van der Waals surface area contributed by atoms with Gasteiger partial charge in [-0.05, 0) is 24.6 Å². The zero-order valence-corrected chi connectivity index (χ0v) is 20.0. The van der Waals surface area contributed by atoms with E-state index in [4.69, 9.17) is 28.4 Å². The number of aromatic nitrogens is 1. The molecule has 5 atom stereocenters. The SMILES string of the molecule is CC(=O)OC[C@H]1O[C@@H](Oc2ccnc3c(C)cccc23)[C@H](OC(C)=O)[C@@H](OC(C)=O)[C@@H]1OC(C)=O. The number of benzene rings is 1. The van der Waals surface area contributed by atoms with Gasteiger partial charge in [-0.25, -0.2) is 0 Å². The van der Waals surface area contributed by atoms with Gasteiger partial charge >= 0.3 is 23.9 Å². The molecule has 0 spiro atoms. The lowest BCUT2D eigenvalue weighted by Gasteiger charge is -2.44. The smallest absolute Gasteiger partial charge is 0.303 e. The topological polar surface area (TPSA) is 137 Å². The van der Waals surface area contributed by atoms with Crippen molar-refractivity contribution in [2.75, 3.05) is 6.61 Å². The van der Waals surface area contributed by atoms with Gasteiger partial charge in [0, 0.05) is 39.3 Å². The summed E-state index contributed by atoms with van der Waals surface area (Å²) >= 11 is 0. The number of rotatable bonds is 7. The molecule has 0 amide bonds. The quantitative estimate of drug-likeness (QED) is 0.417. The van der Waals surface area contributed by atoms with Crippen LogP contribution in [0, 0.1) is 6.92 Å². The standard InChI is InChI=1S/C24H27NO10/c1-12-7-6-8-17-18(9-10-25-20(12)17)34-24-23(33-16(5)29)22(32-15(4)28)21(31-14(3)27)19(35-24)11-30-13(2)26/h6-10,19,21-24H,11H2,1-5H3/t19-,21-,22+,23-,24-/m1/s1. The van der Waals surface area contributed by atoms with Crippen molar-refractivity contribution in [1.29, 1.82) is 0 Å². The van der Waals surface area contributed by atoms with Crippen molar-refractivity contribution in [2.24, 2.45) is 0 Å². The summed E-state index contributed by atoms with van der Waals surface area (Å²) in [4.78, 5) is 51.6. The van der Waals surface area contributed by atoms with E-state index >= 15 is 0 Å².